The Morgan fingerprint density at radius 1 is 0.920 bits per heavy atom. The number of anilines is 1. The lowest BCUT2D eigenvalue weighted by atomic mass is 10.0. The van der Waals surface area contributed by atoms with Crippen LogP contribution in [0.15, 0.2) is 61.2 Å². The van der Waals surface area contributed by atoms with Gasteiger partial charge in [-0.1, -0.05) is 42.5 Å². The fourth-order valence-electron chi connectivity index (χ4n) is 3.33. The smallest absolute Gasteiger partial charge is 0.137 e. The second-order valence-corrected chi connectivity index (χ2v) is 6.60. The van der Waals surface area contributed by atoms with Crippen LogP contribution < -0.4 is 4.90 Å². The highest BCUT2D eigenvalue weighted by Crippen LogP contribution is 2.31. The van der Waals surface area contributed by atoms with E-state index >= 15 is 0 Å². The van der Waals surface area contributed by atoms with E-state index in [0.717, 1.165) is 32.7 Å². The van der Waals surface area contributed by atoms with Gasteiger partial charge in [-0.2, -0.15) is 5.10 Å². The highest BCUT2D eigenvalue weighted by molar-refractivity contribution is 5.78. The Morgan fingerprint density at radius 2 is 1.68 bits per heavy atom. The Labute approximate surface area is 148 Å². The summed E-state index contributed by atoms with van der Waals surface area (Å²) in [6.45, 7) is 5.15. The second kappa shape index (κ2) is 7.07. The fraction of sp³-hybridized carbons (Fsp3) is 0.300. The van der Waals surface area contributed by atoms with Gasteiger partial charge in [-0.25, -0.2) is 9.67 Å². The number of hydrogen-bond donors (Lipinski definition) is 0. The summed E-state index contributed by atoms with van der Waals surface area (Å²) >= 11 is 0. The molecule has 0 bridgehead atoms. The van der Waals surface area contributed by atoms with Crippen molar-refractivity contribution < 1.29 is 0 Å². The van der Waals surface area contributed by atoms with Crippen molar-refractivity contribution in [3.8, 4) is 11.1 Å². The van der Waals surface area contributed by atoms with Gasteiger partial charge in [0.05, 0.1) is 6.54 Å². The maximum atomic E-state index is 4.17. The van der Waals surface area contributed by atoms with Crippen molar-refractivity contribution in [3.63, 3.8) is 0 Å². The Balaban J connectivity index is 1.57. The maximum absolute atomic E-state index is 4.17. The van der Waals surface area contributed by atoms with Crippen LogP contribution in [0.3, 0.4) is 0 Å². The molecule has 25 heavy (non-hydrogen) atoms. The van der Waals surface area contributed by atoms with Gasteiger partial charge in [0.25, 0.3) is 0 Å². The molecule has 0 saturated carbocycles. The maximum Gasteiger partial charge on any atom is 0.137 e. The molecule has 1 aromatic heterocycles. The van der Waals surface area contributed by atoms with Gasteiger partial charge in [0, 0.05) is 37.4 Å². The number of piperazine rings is 1. The molecule has 1 saturated heterocycles. The summed E-state index contributed by atoms with van der Waals surface area (Å²) < 4.78 is 1.84. The zero-order valence-electron chi connectivity index (χ0n) is 14.5. The van der Waals surface area contributed by atoms with Gasteiger partial charge >= 0.3 is 0 Å². The quantitative estimate of drug-likeness (QED) is 0.736. The third-order valence-electron chi connectivity index (χ3n) is 4.82. The number of rotatable bonds is 4. The van der Waals surface area contributed by atoms with Crippen molar-refractivity contribution >= 4 is 5.69 Å². The van der Waals surface area contributed by atoms with Gasteiger partial charge in [0.2, 0.25) is 0 Å². The van der Waals surface area contributed by atoms with Crippen LogP contribution in [-0.4, -0.2) is 52.9 Å². The van der Waals surface area contributed by atoms with Crippen molar-refractivity contribution in [2.75, 3.05) is 38.1 Å². The number of para-hydroxylation sites is 1. The van der Waals surface area contributed by atoms with E-state index in [0.29, 0.717) is 0 Å². The topological polar surface area (TPSA) is 37.2 Å². The molecule has 2 heterocycles. The Morgan fingerprint density at radius 3 is 2.40 bits per heavy atom. The minimum atomic E-state index is 0.750. The van der Waals surface area contributed by atoms with Crippen LogP contribution in [0.25, 0.3) is 11.1 Å². The molecule has 5 heteroatoms. The molecule has 0 amide bonds. The van der Waals surface area contributed by atoms with Gasteiger partial charge in [0.15, 0.2) is 0 Å². The van der Waals surface area contributed by atoms with E-state index in [1.807, 2.05) is 4.68 Å². The number of likely N-dealkylation sites (N-methyl/N-ethyl adjacent to an activating group) is 1. The van der Waals surface area contributed by atoms with Gasteiger partial charge in [-0.15, -0.1) is 0 Å². The summed E-state index contributed by atoms with van der Waals surface area (Å²) in [5.41, 5.74) is 5.13. The lowest BCUT2D eigenvalue weighted by Gasteiger charge is -2.35. The molecule has 0 aliphatic carbocycles. The minimum absolute atomic E-state index is 0.750. The van der Waals surface area contributed by atoms with Crippen LogP contribution in [0.2, 0.25) is 0 Å². The van der Waals surface area contributed by atoms with Crippen molar-refractivity contribution in [1.82, 2.24) is 19.7 Å². The molecule has 0 atom stereocenters. The van der Waals surface area contributed by atoms with E-state index in [1.54, 1.807) is 12.7 Å². The minimum Gasteiger partial charge on any atom is -0.368 e. The Hall–Kier alpha value is -2.66. The zero-order valence-corrected chi connectivity index (χ0v) is 14.5. The van der Waals surface area contributed by atoms with Crippen molar-refractivity contribution in [3.05, 3.63) is 66.7 Å². The molecule has 0 spiro atoms. The molecule has 1 aliphatic rings. The highest BCUT2D eigenvalue weighted by atomic mass is 15.3. The molecular formula is C20H23N5. The first-order valence-corrected chi connectivity index (χ1v) is 8.74. The first-order chi connectivity index (χ1) is 12.3. The summed E-state index contributed by atoms with van der Waals surface area (Å²) in [7, 11) is 2.19. The van der Waals surface area contributed by atoms with Gasteiger partial charge in [-0.3, -0.25) is 0 Å². The largest absolute Gasteiger partial charge is 0.368 e. The van der Waals surface area contributed by atoms with Crippen LogP contribution in [0, 0.1) is 0 Å². The van der Waals surface area contributed by atoms with Crippen LogP contribution in [-0.2, 0) is 6.54 Å². The summed E-state index contributed by atoms with van der Waals surface area (Å²) in [4.78, 5) is 8.88. The molecule has 0 unspecified atom stereocenters. The summed E-state index contributed by atoms with van der Waals surface area (Å²) in [6, 6.07) is 17.5. The number of aromatic nitrogens is 3. The normalized spacial score (nSPS) is 15.5. The third-order valence-corrected chi connectivity index (χ3v) is 4.82. The zero-order chi connectivity index (χ0) is 17.1. The Bertz CT molecular complexity index is 802. The number of hydrogen-bond acceptors (Lipinski definition) is 4. The molecule has 128 valence electrons. The lowest BCUT2D eigenvalue weighted by molar-refractivity contribution is 0.313. The van der Waals surface area contributed by atoms with Crippen LogP contribution >= 0.6 is 0 Å². The fourth-order valence-corrected chi connectivity index (χ4v) is 3.33. The molecule has 2 aromatic carbocycles. The van der Waals surface area contributed by atoms with E-state index < -0.39 is 0 Å². The molecule has 1 fully saturated rings. The van der Waals surface area contributed by atoms with E-state index in [9.17, 15) is 0 Å². The second-order valence-electron chi connectivity index (χ2n) is 6.60. The van der Waals surface area contributed by atoms with Gasteiger partial charge < -0.3 is 9.80 Å². The first-order valence-electron chi connectivity index (χ1n) is 8.74. The third kappa shape index (κ3) is 3.56. The van der Waals surface area contributed by atoms with Crippen molar-refractivity contribution in [1.29, 1.82) is 0 Å². The van der Waals surface area contributed by atoms with E-state index in [1.165, 1.54) is 22.4 Å². The van der Waals surface area contributed by atoms with Crippen LogP contribution in [0.4, 0.5) is 5.69 Å². The van der Waals surface area contributed by atoms with Gasteiger partial charge in [-0.05, 0) is 24.2 Å². The monoisotopic (exact) mass is 333 g/mol. The first kappa shape index (κ1) is 15.8. The van der Waals surface area contributed by atoms with E-state index in [2.05, 4.69) is 75.5 Å². The molecule has 4 rings (SSSR count). The van der Waals surface area contributed by atoms with E-state index in [4.69, 9.17) is 0 Å². The molecule has 1 aliphatic heterocycles. The predicted octanol–water partition coefficient (Wildman–Crippen LogP) is 2.75. The number of nitrogens with zero attached hydrogens (tertiary/aromatic N) is 5. The van der Waals surface area contributed by atoms with E-state index in [-0.39, 0.29) is 0 Å². The van der Waals surface area contributed by atoms with Gasteiger partial charge in [0.1, 0.15) is 12.7 Å². The molecule has 3 aromatic rings. The predicted molar refractivity (Wildman–Crippen MR) is 101 cm³/mol. The standard InChI is InChI=1S/C20H23N5/c1-23-10-12-24(13-11-23)20-5-3-2-4-19(20)18-8-6-17(7-9-18)14-25-16-21-15-22-25/h2-9,15-16H,10-14H2,1H3. The summed E-state index contributed by atoms with van der Waals surface area (Å²) in [5, 5.41) is 4.17. The SMILES string of the molecule is CN1CCN(c2ccccc2-c2ccc(Cn3cncn3)cc2)CC1. The van der Waals surface area contributed by atoms with Crippen molar-refractivity contribution in [2.24, 2.45) is 0 Å². The van der Waals surface area contributed by atoms with Crippen LogP contribution in [0.1, 0.15) is 5.56 Å². The summed E-state index contributed by atoms with van der Waals surface area (Å²) in [5.74, 6) is 0. The molecule has 0 N–H and O–H groups in total. The molecule has 5 nitrogen and oxygen atoms in total. The highest BCUT2D eigenvalue weighted by Gasteiger charge is 2.17. The summed E-state index contributed by atoms with van der Waals surface area (Å²) in [6.07, 6.45) is 3.32. The van der Waals surface area contributed by atoms with Crippen LogP contribution in [0.5, 0.6) is 0 Å². The molecular weight excluding hydrogens is 310 g/mol. The number of benzene rings is 2. The van der Waals surface area contributed by atoms with Crippen molar-refractivity contribution in [2.45, 2.75) is 6.54 Å². The lowest BCUT2D eigenvalue weighted by Crippen LogP contribution is -2.44. The average molecular weight is 333 g/mol. The molecule has 0 radical (unpaired) electrons. The average Bonchev–Trinajstić information content (AvgIpc) is 3.16. The Kier molecular flexibility index (Phi) is 4.48.